The smallest absolute Gasteiger partial charge is 0.213 e. The average molecular weight is 256 g/mol. The van der Waals surface area contributed by atoms with Crippen LogP contribution in [0, 0.1) is 0 Å². The molecule has 0 fully saturated rings. The van der Waals surface area contributed by atoms with Crippen LogP contribution in [-0.2, 0) is 6.42 Å². The predicted molar refractivity (Wildman–Crippen MR) is 78.6 cm³/mol. The fraction of sp³-hybridized carbons (Fsp3) is 0.312. The van der Waals surface area contributed by atoms with Crippen LogP contribution in [0.5, 0.6) is 5.88 Å². The highest BCUT2D eigenvalue weighted by molar-refractivity contribution is 5.43. The second-order valence-corrected chi connectivity index (χ2v) is 4.53. The molecule has 1 N–H and O–H groups in total. The molecule has 0 bridgehead atoms. The number of hydrogen-bond acceptors (Lipinski definition) is 3. The molecule has 19 heavy (non-hydrogen) atoms. The second-order valence-electron chi connectivity index (χ2n) is 4.53. The van der Waals surface area contributed by atoms with Gasteiger partial charge in [-0.25, -0.2) is 4.98 Å². The minimum Gasteiger partial charge on any atom is -0.481 e. The lowest BCUT2D eigenvalue weighted by Gasteiger charge is -2.18. The van der Waals surface area contributed by atoms with Gasteiger partial charge in [-0.1, -0.05) is 37.3 Å². The summed E-state index contributed by atoms with van der Waals surface area (Å²) < 4.78 is 5.06. The maximum absolute atomic E-state index is 5.06. The number of ether oxygens (including phenoxy) is 1. The second kappa shape index (κ2) is 6.78. The van der Waals surface area contributed by atoms with E-state index in [1.807, 2.05) is 24.4 Å². The molecule has 0 saturated carbocycles. The average Bonchev–Trinajstić information content (AvgIpc) is 2.48. The first-order valence-corrected chi connectivity index (χ1v) is 6.62. The van der Waals surface area contributed by atoms with Crippen molar-refractivity contribution in [3.05, 3.63) is 54.2 Å². The zero-order chi connectivity index (χ0) is 13.5. The van der Waals surface area contributed by atoms with Gasteiger partial charge in [-0.2, -0.15) is 0 Å². The van der Waals surface area contributed by atoms with E-state index in [0.717, 1.165) is 18.5 Å². The number of rotatable bonds is 6. The number of nitrogens with one attached hydrogen (secondary N) is 1. The van der Waals surface area contributed by atoms with Crippen LogP contribution in [0.1, 0.15) is 18.9 Å². The first-order chi connectivity index (χ1) is 9.31. The van der Waals surface area contributed by atoms with Crippen molar-refractivity contribution < 1.29 is 4.74 Å². The van der Waals surface area contributed by atoms with E-state index in [0.29, 0.717) is 11.9 Å². The van der Waals surface area contributed by atoms with E-state index in [1.165, 1.54) is 5.56 Å². The quantitative estimate of drug-likeness (QED) is 0.858. The monoisotopic (exact) mass is 256 g/mol. The van der Waals surface area contributed by atoms with Crippen molar-refractivity contribution in [3.63, 3.8) is 0 Å². The van der Waals surface area contributed by atoms with Gasteiger partial charge >= 0.3 is 0 Å². The van der Waals surface area contributed by atoms with E-state index < -0.39 is 0 Å². The molecule has 0 saturated heterocycles. The van der Waals surface area contributed by atoms with Gasteiger partial charge in [-0.3, -0.25) is 0 Å². The summed E-state index contributed by atoms with van der Waals surface area (Å²) in [4.78, 5) is 4.21. The maximum Gasteiger partial charge on any atom is 0.213 e. The van der Waals surface area contributed by atoms with E-state index >= 15 is 0 Å². The van der Waals surface area contributed by atoms with Crippen LogP contribution >= 0.6 is 0 Å². The number of methoxy groups -OCH3 is 1. The first-order valence-electron chi connectivity index (χ1n) is 6.62. The Morgan fingerprint density at radius 3 is 2.53 bits per heavy atom. The molecule has 1 heterocycles. The lowest BCUT2D eigenvalue weighted by Crippen LogP contribution is -2.21. The van der Waals surface area contributed by atoms with Crippen molar-refractivity contribution in [1.82, 2.24) is 4.98 Å². The van der Waals surface area contributed by atoms with Crippen LogP contribution in [0.15, 0.2) is 48.7 Å². The molecule has 0 aliphatic heterocycles. The Morgan fingerprint density at radius 2 is 1.95 bits per heavy atom. The Morgan fingerprint density at radius 1 is 1.16 bits per heavy atom. The van der Waals surface area contributed by atoms with Crippen LogP contribution in [0.3, 0.4) is 0 Å². The van der Waals surface area contributed by atoms with Crippen LogP contribution in [-0.4, -0.2) is 18.1 Å². The summed E-state index contributed by atoms with van der Waals surface area (Å²) in [5, 5.41) is 3.51. The fourth-order valence-corrected chi connectivity index (χ4v) is 2.02. The molecule has 0 aliphatic carbocycles. The predicted octanol–water partition coefficient (Wildman–Crippen LogP) is 3.52. The van der Waals surface area contributed by atoms with Gasteiger partial charge in [0.1, 0.15) is 0 Å². The van der Waals surface area contributed by atoms with Gasteiger partial charge in [0, 0.05) is 12.1 Å². The molecule has 1 aromatic carbocycles. The minimum absolute atomic E-state index is 0.414. The van der Waals surface area contributed by atoms with Crippen molar-refractivity contribution >= 4 is 5.69 Å². The Hall–Kier alpha value is -2.03. The number of hydrogen-bond donors (Lipinski definition) is 1. The topological polar surface area (TPSA) is 34.1 Å². The lowest BCUT2D eigenvalue weighted by molar-refractivity contribution is 0.398. The van der Waals surface area contributed by atoms with Crippen molar-refractivity contribution in [3.8, 4) is 5.88 Å². The van der Waals surface area contributed by atoms with Crippen LogP contribution < -0.4 is 10.1 Å². The molecule has 1 aromatic heterocycles. The molecule has 3 heteroatoms. The highest BCUT2D eigenvalue weighted by Crippen LogP contribution is 2.15. The van der Waals surface area contributed by atoms with Gasteiger partial charge in [0.2, 0.25) is 5.88 Å². The third-order valence-corrected chi connectivity index (χ3v) is 3.13. The Kier molecular flexibility index (Phi) is 4.78. The number of aromatic nitrogens is 1. The third-order valence-electron chi connectivity index (χ3n) is 3.13. The molecule has 0 aliphatic rings. The maximum atomic E-state index is 5.06. The van der Waals surface area contributed by atoms with Crippen molar-refractivity contribution in [2.24, 2.45) is 0 Å². The summed E-state index contributed by atoms with van der Waals surface area (Å²) >= 11 is 0. The van der Waals surface area contributed by atoms with E-state index in [1.54, 1.807) is 7.11 Å². The van der Waals surface area contributed by atoms with E-state index in [2.05, 4.69) is 41.5 Å². The summed E-state index contributed by atoms with van der Waals surface area (Å²) in [7, 11) is 1.62. The molecule has 0 amide bonds. The van der Waals surface area contributed by atoms with Crippen LogP contribution in [0.25, 0.3) is 0 Å². The fourth-order valence-electron chi connectivity index (χ4n) is 2.02. The molecule has 0 radical (unpaired) electrons. The van der Waals surface area contributed by atoms with Gasteiger partial charge < -0.3 is 10.1 Å². The molecule has 1 atom stereocenters. The van der Waals surface area contributed by atoms with Gasteiger partial charge in [0.05, 0.1) is 19.0 Å². The van der Waals surface area contributed by atoms with E-state index in [9.17, 15) is 0 Å². The molecule has 0 spiro atoms. The van der Waals surface area contributed by atoms with E-state index in [-0.39, 0.29) is 0 Å². The summed E-state index contributed by atoms with van der Waals surface area (Å²) in [6, 6.07) is 14.8. The number of anilines is 1. The van der Waals surface area contributed by atoms with Crippen molar-refractivity contribution in [1.29, 1.82) is 0 Å². The Balaban J connectivity index is 1.98. The SMILES string of the molecule is CCC(Cc1ccccc1)Nc1ccc(OC)nc1. The zero-order valence-electron chi connectivity index (χ0n) is 11.5. The summed E-state index contributed by atoms with van der Waals surface area (Å²) in [6.45, 7) is 2.19. The minimum atomic E-state index is 0.414. The van der Waals surface area contributed by atoms with Crippen LogP contribution in [0.2, 0.25) is 0 Å². The molecule has 2 aromatic rings. The normalized spacial score (nSPS) is 11.9. The summed E-state index contributed by atoms with van der Waals surface area (Å²) in [5.41, 5.74) is 2.38. The zero-order valence-corrected chi connectivity index (χ0v) is 11.5. The molecule has 100 valence electrons. The molecule has 3 nitrogen and oxygen atoms in total. The summed E-state index contributed by atoms with van der Waals surface area (Å²) in [6.07, 6.45) is 3.90. The van der Waals surface area contributed by atoms with Gasteiger partial charge in [-0.15, -0.1) is 0 Å². The van der Waals surface area contributed by atoms with Crippen LogP contribution in [0.4, 0.5) is 5.69 Å². The molecular formula is C16H20N2O. The molecule has 2 rings (SSSR count). The van der Waals surface area contributed by atoms with Crippen molar-refractivity contribution in [2.45, 2.75) is 25.8 Å². The first kappa shape index (κ1) is 13.4. The Labute approximate surface area is 114 Å². The number of pyridine rings is 1. The third kappa shape index (κ3) is 3.98. The highest BCUT2D eigenvalue weighted by atomic mass is 16.5. The van der Waals surface area contributed by atoms with E-state index in [4.69, 9.17) is 4.74 Å². The molecule has 1 unspecified atom stereocenters. The number of benzene rings is 1. The Bertz CT molecular complexity index is 482. The standard InChI is InChI=1S/C16H20N2O/c1-3-14(11-13-7-5-4-6-8-13)18-15-9-10-16(19-2)17-12-15/h4-10,12,14,18H,3,11H2,1-2H3. The van der Waals surface area contributed by atoms with Gasteiger partial charge in [0.15, 0.2) is 0 Å². The van der Waals surface area contributed by atoms with Gasteiger partial charge in [0.25, 0.3) is 0 Å². The lowest BCUT2D eigenvalue weighted by atomic mass is 10.0. The molecular weight excluding hydrogens is 236 g/mol. The van der Waals surface area contributed by atoms with Gasteiger partial charge in [-0.05, 0) is 24.5 Å². The highest BCUT2D eigenvalue weighted by Gasteiger charge is 2.07. The van der Waals surface area contributed by atoms with Crippen molar-refractivity contribution in [2.75, 3.05) is 12.4 Å². The largest absolute Gasteiger partial charge is 0.481 e. The summed E-state index contributed by atoms with van der Waals surface area (Å²) in [5.74, 6) is 0.640. The number of nitrogens with zero attached hydrogens (tertiary/aromatic N) is 1.